The van der Waals surface area contributed by atoms with Crippen molar-refractivity contribution in [2.24, 2.45) is 0 Å². The number of ether oxygens (including phenoxy) is 1. The molecule has 8 heteroatoms. The summed E-state index contributed by atoms with van der Waals surface area (Å²) in [7, 11) is 0. The number of carboxylic acids is 1. The number of hydrogen-bond acceptors (Lipinski definition) is 5. The third kappa shape index (κ3) is 5.40. The Kier molecular flexibility index (Phi) is 6.96. The van der Waals surface area contributed by atoms with Crippen molar-refractivity contribution in [1.29, 1.82) is 0 Å². The van der Waals surface area contributed by atoms with Crippen molar-refractivity contribution in [3.8, 4) is 11.5 Å². The second-order valence-corrected chi connectivity index (χ2v) is 8.54. The number of aromatic carboxylic acids is 1. The lowest BCUT2D eigenvalue weighted by atomic mass is 9.88. The minimum absolute atomic E-state index is 0.181. The number of benzene rings is 2. The van der Waals surface area contributed by atoms with Gasteiger partial charge in [-0.1, -0.05) is 35.3 Å². The van der Waals surface area contributed by atoms with Crippen molar-refractivity contribution in [2.75, 3.05) is 6.54 Å². The van der Waals surface area contributed by atoms with Gasteiger partial charge in [0, 0.05) is 24.3 Å². The molecule has 0 amide bonds. The van der Waals surface area contributed by atoms with Crippen LogP contribution in [0, 0.1) is 0 Å². The van der Waals surface area contributed by atoms with Crippen molar-refractivity contribution < 1.29 is 19.7 Å². The van der Waals surface area contributed by atoms with E-state index in [1.165, 1.54) is 29.5 Å². The number of nitrogens with zero attached hydrogens (tertiary/aromatic N) is 1. The van der Waals surface area contributed by atoms with Gasteiger partial charge in [0.25, 0.3) is 0 Å². The second-order valence-electron chi connectivity index (χ2n) is 7.77. The number of aryl methyl sites for hydroxylation is 1. The van der Waals surface area contributed by atoms with Gasteiger partial charge in [-0.2, -0.15) is 0 Å². The van der Waals surface area contributed by atoms with Gasteiger partial charge in [-0.05, 0) is 66.8 Å². The normalized spacial score (nSPS) is 16.3. The minimum Gasteiger partial charge on any atom is -0.478 e. The zero-order chi connectivity index (χ0) is 22.7. The van der Waals surface area contributed by atoms with Crippen LogP contribution in [0.25, 0.3) is 0 Å². The average molecular weight is 473 g/mol. The van der Waals surface area contributed by atoms with Gasteiger partial charge in [-0.3, -0.25) is 0 Å². The Morgan fingerprint density at radius 2 is 1.97 bits per heavy atom. The third-order valence-corrected chi connectivity index (χ3v) is 6.21. The minimum atomic E-state index is -0.992. The van der Waals surface area contributed by atoms with E-state index in [9.17, 15) is 9.90 Å². The maximum absolute atomic E-state index is 11.2. The smallest absolute Gasteiger partial charge is 0.335 e. The van der Waals surface area contributed by atoms with Gasteiger partial charge in [0.05, 0.1) is 16.7 Å². The average Bonchev–Trinajstić information content (AvgIpc) is 2.79. The van der Waals surface area contributed by atoms with Gasteiger partial charge in [-0.25, -0.2) is 9.78 Å². The number of aliphatic hydroxyl groups excluding tert-OH is 1. The number of nitrogens with one attached hydrogen (secondary N) is 1. The Labute approximate surface area is 195 Å². The van der Waals surface area contributed by atoms with Gasteiger partial charge in [-0.15, -0.1) is 0 Å². The molecule has 4 rings (SSSR count). The SMILES string of the molecule is O=C(O)c1cccc(Oc2ccc3c(c2)C[C@@H](NC[C@@H](O)c2cnc(Cl)c(Cl)c2)CC3)c1. The van der Waals surface area contributed by atoms with Crippen molar-refractivity contribution in [2.45, 2.75) is 31.4 Å². The lowest BCUT2D eigenvalue weighted by Crippen LogP contribution is -2.37. The standard InChI is InChI=1S/C24H22Cl2N2O4/c25-21-11-17(12-28-23(21)26)22(29)13-27-18-6-4-14-5-7-20(10-16(14)8-18)32-19-3-1-2-15(9-19)24(30)31/h1-3,5,7,9-12,18,22,27,29H,4,6,8,13H2,(H,30,31)/t18-,22+/m0/s1. The van der Waals surface area contributed by atoms with Crippen LogP contribution < -0.4 is 10.1 Å². The molecule has 1 heterocycles. The zero-order valence-corrected chi connectivity index (χ0v) is 18.6. The molecule has 0 spiro atoms. The number of pyridine rings is 1. The molecule has 3 aromatic rings. The predicted octanol–water partition coefficient (Wildman–Crippen LogP) is 5.06. The van der Waals surface area contributed by atoms with Crippen molar-refractivity contribution in [1.82, 2.24) is 10.3 Å². The van der Waals surface area contributed by atoms with Crippen LogP contribution in [0.4, 0.5) is 0 Å². The molecular formula is C24H22Cl2N2O4. The van der Waals surface area contributed by atoms with E-state index in [1.807, 2.05) is 12.1 Å². The number of rotatable bonds is 7. The molecule has 0 aliphatic heterocycles. The molecule has 1 aromatic heterocycles. The summed E-state index contributed by atoms with van der Waals surface area (Å²) in [5.41, 5.74) is 3.23. The summed E-state index contributed by atoms with van der Waals surface area (Å²) in [4.78, 5) is 15.2. The Bertz CT molecular complexity index is 1140. The fourth-order valence-corrected chi connectivity index (χ4v) is 4.09. The third-order valence-electron chi connectivity index (χ3n) is 5.52. The Balaban J connectivity index is 1.39. The fraction of sp³-hybridized carbons (Fsp3) is 0.250. The summed E-state index contributed by atoms with van der Waals surface area (Å²) in [6.07, 6.45) is 3.47. The summed E-state index contributed by atoms with van der Waals surface area (Å²) >= 11 is 11.8. The van der Waals surface area contributed by atoms with Crippen LogP contribution in [0.1, 0.15) is 39.6 Å². The summed E-state index contributed by atoms with van der Waals surface area (Å²) in [6, 6.07) is 14.2. The molecule has 2 aromatic carbocycles. The Morgan fingerprint density at radius 3 is 2.75 bits per heavy atom. The van der Waals surface area contributed by atoms with Crippen molar-refractivity contribution in [3.63, 3.8) is 0 Å². The van der Waals surface area contributed by atoms with E-state index in [-0.39, 0.29) is 16.8 Å². The van der Waals surface area contributed by atoms with E-state index < -0.39 is 12.1 Å². The summed E-state index contributed by atoms with van der Waals surface area (Å²) in [5.74, 6) is 0.149. The molecule has 0 fully saturated rings. The molecule has 32 heavy (non-hydrogen) atoms. The van der Waals surface area contributed by atoms with Gasteiger partial charge in [0.2, 0.25) is 0 Å². The first-order chi connectivity index (χ1) is 15.4. The van der Waals surface area contributed by atoms with Crippen LogP contribution in [-0.2, 0) is 12.8 Å². The van der Waals surface area contributed by atoms with E-state index in [1.54, 1.807) is 18.2 Å². The molecular weight excluding hydrogens is 451 g/mol. The van der Waals surface area contributed by atoms with Crippen LogP contribution in [0.15, 0.2) is 54.7 Å². The molecule has 0 radical (unpaired) electrons. The number of halogens is 2. The van der Waals surface area contributed by atoms with E-state index in [4.69, 9.17) is 33.0 Å². The number of carboxylic acid groups (broad SMARTS) is 1. The van der Waals surface area contributed by atoms with Crippen LogP contribution in [0.2, 0.25) is 10.2 Å². The highest BCUT2D eigenvalue weighted by Crippen LogP contribution is 2.29. The molecule has 6 nitrogen and oxygen atoms in total. The number of hydrogen-bond donors (Lipinski definition) is 3. The number of aromatic nitrogens is 1. The highest BCUT2D eigenvalue weighted by Gasteiger charge is 2.20. The Morgan fingerprint density at radius 1 is 1.16 bits per heavy atom. The lowest BCUT2D eigenvalue weighted by Gasteiger charge is -2.27. The fourth-order valence-electron chi connectivity index (χ4n) is 3.81. The largest absolute Gasteiger partial charge is 0.478 e. The first-order valence-corrected chi connectivity index (χ1v) is 11.0. The summed E-state index contributed by atoms with van der Waals surface area (Å²) < 4.78 is 5.89. The van der Waals surface area contributed by atoms with Gasteiger partial charge in [0.1, 0.15) is 16.7 Å². The maximum Gasteiger partial charge on any atom is 0.335 e. The van der Waals surface area contributed by atoms with E-state index in [0.29, 0.717) is 28.6 Å². The molecule has 3 N–H and O–H groups in total. The molecule has 2 atom stereocenters. The molecule has 0 unspecified atom stereocenters. The quantitative estimate of drug-likeness (QED) is 0.416. The highest BCUT2D eigenvalue weighted by atomic mass is 35.5. The molecule has 1 aliphatic carbocycles. The lowest BCUT2D eigenvalue weighted by molar-refractivity contribution is 0.0696. The number of fused-ring (bicyclic) bond motifs is 1. The van der Waals surface area contributed by atoms with Gasteiger partial charge in [0.15, 0.2) is 0 Å². The molecule has 0 bridgehead atoms. The molecule has 0 saturated heterocycles. The van der Waals surface area contributed by atoms with Crippen molar-refractivity contribution >= 4 is 29.2 Å². The summed E-state index contributed by atoms with van der Waals surface area (Å²) in [5, 5.41) is 23.6. The van der Waals surface area contributed by atoms with Crippen LogP contribution >= 0.6 is 23.2 Å². The number of aliphatic hydroxyl groups is 1. The molecule has 1 aliphatic rings. The highest BCUT2D eigenvalue weighted by molar-refractivity contribution is 6.41. The first-order valence-electron chi connectivity index (χ1n) is 10.2. The summed E-state index contributed by atoms with van der Waals surface area (Å²) in [6.45, 7) is 0.373. The van der Waals surface area contributed by atoms with Crippen LogP contribution in [0.3, 0.4) is 0 Å². The number of carbonyl (C=O) groups is 1. The Hall–Kier alpha value is -2.64. The second kappa shape index (κ2) is 9.88. The first kappa shape index (κ1) is 22.6. The maximum atomic E-state index is 11.2. The monoisotopic (exact) mass is 472 g/mol. The van der Waals surface area contributed by atoms with Crippen LogP contribution in [-0.4, -0.2) is 33.8 Å². The van der Waals surface area contributed by atoms with Gasteiger partial charge < -0.3 is 20.3 Å². The molecule has 0 saturated carbocycles. The topological polar surface area (TPSA) is 91.7 Å². The van der Waals surface area contributed by atoms with Crippen molar-refractivity contribution in [3.05, 3.63) is 87.2 Å². The van der Waals surface area contributed by atoms with Crippen LogP contribution in [0.5, 0.6) is 11.5 Å². The molecule has 166 valence electrons. The van der Waals surface area contributed by atoms with E-state index in [0.717, 1.165) is 19.3 Å². The van der Waals surface area contributed by atoms with E-state index in [2.05, 4.69) is 16.4 Å². The van der Waals surface area contributed by atoms with E-state index >= 15 is 0 Å². The zero-order valence-electron chi connectivity index (χ0n) is 17.1. The van der Waals surface area contributed by atoms with Gasteiger partial charge >= 0.3 is 5.97 Å². The predicted molar refractivity (Wildman–Crippen MR) is 123 cm³/mol.